The molecular weight excluding hydrogens is 290 g/mol. The number of rotatable bonds is 4. The molecule has 1 aromatic carbocycles. The van der Waals surface area contributed by atoms with E-state index in [2.05, 4.69) is 9.88 Å². The van der Waals surface area contributed by atoms with Gasteiger partial charge in [-0.2, -0.15) is 12.7 Å². The molecular formula is C11H12ClN3O3S. The predicted molar refractivity (Wildman–Crippen MR) is 73.2 cm³/mol. The van der Waals surface area contributed by atoms with Gasteiger partial charge < -0.3 is 4.52 Å². The molecule has 19 heavy (non-hydrogen) atoms. The summed E-state index contributed by atoms with van der Waals surface area (Å²) in [6.07, 6.45) is 0. The lowest BCUT2D eigenvalue weighted by molar-refractivity contribution is 0.435. The molecule has 0 saturated carbocycles. The van der Waals surface area contributed by atoms with Crippen LogP contribution in [0.1, 0.15) is 0 Å². The number of aromatic nitrogens is 1. The second-order valence-electron chi connectivity index (χ2n) is 3.98. The molecule has 2 aromatic rings. The highest BCUT2D eigenvalue weighted by molar-refractivity contribution is 7.90. The van der Waals surface area contributed by atoms with Crippen molar-refractivity contribution in [1.29, 1.82) is 0 Å². The zero-order chi connectivity index (χ0) is 14.0. The molecule has 0 saturated heterocycles. The third-order valence-corrected chi connectivity index (χ3v) is 4.00. The van der Waals surface area contributed by atoms with Gasteiger partial charge in [-0.3, -0.25) is 4.72 Å². The van der Waals surface area contributed by atoms with Gasteiger partial charge in [-0.05, 0) is 12.1 Å². The van der Waals surface area contributed by atoms with E-state index >= 15 is 0 Å². The highest BCUT2D eigenvalue weighted by Gasteiger charge is 2.16. The van der Waals surface area contributed by atoms with E-state index in [1.807, 2.05) is 0 Å². The van der Waals surface area contributed by atoms with Gasteiger partial charge in [0.1, 0.15) is 0 Å². The molecule has 8 heteroatoms. The third-order valence-electron chi connectivity index (χ3n) is 2.33. The van der Waals surface area contributed by atoms with Gasteiger partial charge in [-0.25, -0.2) is 0 Å². The van der Waals surface area contributed by atoms with Crippen molar-refractivity contribution in [2.45, 2.75) is 0 Å². The molecule has 0 spiro atoms. The molecule has 1 N–H and O–H groups in total. The summed E-state index contributed by atoms with van der Waals surface area (Å²) in [7, 11) is -0.760. The van der Waals surface area contributed by atoms with Crippen molar-refractivity contribution in [3.8, 4) is 11.3 Å². The summed E-state index contributed by atoms with van der Waals surface area (Å²) in [5, 5.41) is 4.21. The topological polar surface area (TPSA) is 75.4 Å². The summed E-state index contributed by atoms with van der Waals surface area (Å²) in [6, 6.07) is 8.48. The highest BCUT2D eigenvalue weighted by Crippen LogP contribution is 2.25. The van der Waals surface area contributed by atoms with E-state index in [1.54, 1.807) is 24.3 Å². The number of nitrogens with one attached hydrogen (secondary N) is 1. The zero-order valence-electron chi connectivity index (χ0n) is 10.3. The minimum Gasteiger partial charge on any atom is -0.354 e. The predicted octanol–water partition coefficient (Wildman–Crippen LogP) is 2.21. The summed E-state index contributed by atoms with van der Waals surface area (Å²) in [5.74, 6) is 0.544. The number of hydrogen-bond acceptors (Lipinski definition) is 4. The molecule has 2 rings (SSSR count). The van der Waals surface area contributed by atoms with Crippen LogP contribution in [0.15, 0.2) is 34.9 Å². The van der Waals surface area contributed by atoms with Gasteiger partial charge in [-0.15, -0.1) is 0 Å². The second kappa shape index (κ2) is 5.20. The maximum absolute atomic E-state index is 11.6. The van der Waals surface area contributed by atoms with E-state index in [9.17, 15) is 8.42 Å². The van der Waals surface area contributed by atoms with Crippen LogP contribution in [0, 0.1) is 0 Å². The quantitative estimate of drug-likeness (QED) is 0.939. The molecule has 0 radical (unpaired) electrons. The molecule has 1 aromatic heterocycles. The van der Waals surface area contributed by atoms with E-state index in [1.165, 1.54) is 20.2 Å². The first kappa shape index (κ1) is 13.9. The Morgan fingerprint density at radius 1 is 1.32 bits per heavy atom. The van der Waals surface area contributed by atoms with Gasteiger partial charge in [0.25, 0.3) is 0 Å². The summed E-state index contributed by atoms with van der Waals surface area (Å²) in [4.78, 5) is 0. The van der Waals surface area contributed by atoms with E-state index in [0.717, 1.165) is 9.87 Å². The lowest BCUT2D eigenvalue weighted by Crippen LogP contribution is -2.29. The van der Waals surface area contributed by atoms with Crippen LogP contribution in [0.5, 0.6) is 0 Å². The van der Waals surface area contributed by atoms with Crippen molar-refractivity contribution in [2.24, 2.45) is 0 Å². The fourth-order valence-electron chi connectivity index (χ4n) is 1.32. The van der Waals surface area contributed by atoms with Crippen LogP contribution in [0.25, 0.3) is 11.3 Å². The van der Waals surface area contributed by atoms with E-state index in [-0.39, 0.29) is 5.82 Å². The molecule has 0 aliphatic carbocycles. The van der Waals surface area contributed by atoms with Crippen LogP contribution in [0.3, 0.4) is 0 Å². The van der Waals surface area contributed by atoms with Crippen molar-refractivity contribution in [1.82, 2.24) is 9.46 Å². The first-order valence-electron chi connectivity index (χ1n) is 5.31. The van der Waals surface area contributed by atoms with E-state index in [4.69, 9.17) is 16.1 Å². The van der Waals surface area contributed by atoms with Crippen molar-refractivity contribution in [2.75, 3.05) is 18.8 Å². The summed E-state index contributed by atoms with van der Waals surface area (Å²) >= 11 is 5.87. The van der Waals surface area contributed by atoms with E-state index in [0.29, 0.717) is 10.8 Å². The number of anilines is 1. The fourth-order valence-corrected chi connectivity index (χ4v) is 2.06. The first-order chi connectivity index (χ1) is 8.88. The molecule has 6 nitrogen and oxygen atoms in total. The Bertz CT molecular complexity index is 682. The van der Waals surface area contributed by atoms with Crippen molar-refractivity contribution >= 4 is 27.6 Å². The molecule has 0 fully saturated rings. The Morgan fingerprint density at radius 3 is 2.68 bits per heavy atom. The number of benzene rings is 1. The number of hydrogen-bond donors (Lipinski definition) is 1. The van der Waals surface area contributed by atoms with Crippen molar-refractivity contribution < 1.29 is 12.9 Å². The van der Waals surface area contributed by atoms with Crippen LogP contribution in [0.4, 0.5) is 5.82 Å². The Morgan fingerprint density at radius 2 is 2.05 bits per heavy atom. The van der Waals surface area contributed by atoms with Gasteiger partial charge in [0.05, 0.1) is 0 Å². The van der Waals surface area contributed by atoms with Crippen LogP contribution in [0.2, 0.25) is 5.02 Å². The smallest absolute Gasteiger partial charge is 0.302 e. The van der Waals surface area contributed by atoms with Crippen LogP contribution < -0.4 is 4.72 Å². The van der Waals surface area contributed by atoms with Gasteiger partial charge in [0.15, 0.2) is 11.6 Å². The lowest BCUT2D eigenvalue weighted by Gasteiger charge is -2.10. The third kappa shape index (κ3) is 3.25. The molecule has 102 valence electrons. The van der Waals surface area contributed by atoms with Crippen LogP contribution in [-0.2, 0) is 10.2 Å². The van der Waals surface area contributed by atoms with Gasteiger partial charge >= 0.3 is 10.2 Å². The molecule has 0 aliphatic heterocycles. The molecule has 0 amide bonds. The SMILES string of the molecule is CN(C)S(=O)(=O)Nc1cc(-c2cccc(Cl)c2)on1. The Hall–Kier alpha value is -1.57. The molecule has 1 heterocycles. The normalized spacial score (nSPS) is 11.8. The standard InChI is InChI=1S/C11H12ClN3O3S/c1-15(2)19(16,17)14-11-7-10(18-13-11)8-4-3-5-9(12)6-8/h3-7H,1-2H3,(H,13,14). The fraction of sp³-hybridized carbons (Fsp3) is 0.182. The molecule has 0 unspecified atom stereocenters. The maximum Gasteiger partial charge on any atom is 0.302 e. The Kier molecular flexibility index (Phi) is 3.79. The zero-order valence-corrected chi connectivity index (χ0v) is 11.9. The Labute approximate surface area is 116 Å². The average molecular weight is 302 g/mol. The minimum atomic E-state index is -3.59. The van der Waals surface area contributed by atoms with Gasteiger partial charge in [0.2, 0.25) is 0 Å². The molecule has 0 bridgehead atoms. The van der Waals surface area contributed by atoms with Gasteiger partial charge in [0, 0.05) is 30.7 Å². The summed E-state index contributed by atoms with van der Waals surface area (Å²) in [6.45, 7) is 0. The molecule has 0 atom stereocenters. The van der Waals surface area contributed by atoms with Crippen molar-refractivity contribution in [3.63, 3.8) is 0 Å². The van der Waals surface area contributed by atoms with E-state index < -0.39 is 10.2 Å². The summed E-state index contributed by atoms with van der Waals surface area (Å²) < 4.78 is 31.6. The highest BCUT2D eigenvalue weighted by atomic mass is 35.5. The van der Waals surface area contributed by atoms with Crippen LogP contribution >= 0.6 is 11.6 Å². The second-order valence-corrected chi connectivity index (χ2v) is 6.30. The van der Waals surface area contributed by atoms with Crippen LogP contribution in [-0.4, -0.2) is 32.0 Å². The average Bonchev–Trinajstić information content (AvgIpc) is 2.76. The maximum atomic E-state index is 11.6. The van der Waals surface area contributed by atoms with Gasteiger partial charge in [-0.1, -0.05) is 28.9 Å². The molecule has 0 aliphatic rings. The number of nitrogens with zero attached hydrogens (tertiary/aromatic N) is 2. The van der Waals surface area contributed by atoms with Crippen molar-refractivity contribution in [3.05, 3.63) is 35.4 Å². The first-order valence-corrected chi connectivity index (χ1v) is 7.13. The largest absolute Gasteiger partial charge is 0.354 e. The minimum absolute atomic E-state index is 0.115. The summed E-state index contributed by atoms with van der Waals surface area (Å²) in [5.41, 5.74) is 0.718. The monoisotopic (exact) mass is 301 g/mol. The Balaban J connectivity index is 2.25. The number of halogens is 1. The lowest BCUT2D eigenvalue weighted by atomic mass is 10.2.